The number of aryl methyl sites for hydroxylation is 1. The molecule has 0 unspecified atom stereocenters. The van der Waals surface area contributed by atoms with Gasteiger partial charge in [-0.1, -0.05) is 12.1 Å². The fourth-order valence-corrected chi connectivity index (χ4v) is 2.22. The minimum absolute atomic E-state index is 0.282. The lowest BCUT2D eigenvalue weighted by Crippen LogP contribution is -2.37. The number of nitrogens with zero attached hydrogens (tertiary/aromatic N) is 2. The van der Waals surface area contributed by atoms with Crippen molar-refractivity contribution >= 4 is 23.2 Å². The van der Waals surface area contributed by atoms with Gasteiger partial charge in [0.25, 0.3) is 11.2 Å². The summed E-state index contributed by atoms with van der Waals surface area (Å²) in [6, 6.07) is 7.56. The summed E-state index contributed by atoms with van der Waals surface area (Å²) in [5.41, 5.74) is 1.75. The van der Waals surface area contributed by atoms with Crippen LogP contribution in [0, 0.1) is 24.0 Å². The summed E-state index contributed by atoms with van der Waals surface area (Å²) in [5, 5.41) is 15.8. The van der Waals surface area contributed by atoms with Crippen LogP contribution in [0.15, 0.2) is 41.3 Å². The molecule has 1 aromatic carbocycles. The Morgan fingerprint density at radius 1 is 1.15 bits per heavy atom. The van der Waals surface area contributed by atoms with Gasteiger partial charge in [-0.25, -0.2) is 0 Å². The summed E-state index contributed by atoms with van der Waals surface area (Å²) in [7, 11) is 0. The number of hydrogen-bond donors (Lipinski definition) is 2. The van der Waals surface area contributed by atoms with Gasteiger partial charge >= 0.3 is 0 Å². The number of benzene rings is 1. The Balaban J connectivity index is 1.93. The van der Waals surface area contributed by atoms with Crippen LogP contribution in [0.5, 0.6) is 0 Å². The lowest BCUT2D eigenvalue weighted by atomic mass is 10.1. The van der Waals surface area contributed by atoms with Crippen LogP contribution in [0.3, 0.4) is 0 Å². The van der Waals surface area contributed by atoms with Crippen molar-refractivity contribution in [3.63, 3.8) is 0 Å². The van der Waals surface area contributed by atoms with Crippen molar-refractivity contribution in [2.24, 2.45) is 0 Å². The predicted molar refractivity (Wildman–Crippen MR) is 94.9 cm³/mol. The van der Waals surface area contributed by atoms with E-state index in [-0.39, 0.29) is 12.2 Å². The van der Waals surface area contributed by atoms with Crippen molar-refractivity contribution in [1.29, 1.82) is 0 Å². The van der Waals surface area contributed by atoms with E-state index in [1.54, 1.807) is 6.07 Å². The Bertz CT molecular complexity index is 920. The quantitative estimate of drug-likeness (QED) is 0.592. The molecule has 9 nitrogen and oxygen atoms in total. The van der Waals surface area contributed by atoms with Crippen LogP contribution in [0.4, 0.5) is 11.4 Å². The van der Waals surface area contributed by atoms with Gasteiger partial charge in [0.15, 0.2) is 0 Å². The molecule has 1 aromatic heterocycles. The first-order valence-corrected chi connectivity index (χ1v) is 7.75. The smallest absolute Gasteiger partial charge is 0.285 e. The Kier molecular flexibility index (Phi) is 5.84. The highest BCUT2D eigenvalue weighted by atomic mass is 16.6. The maximum atomic E-state index is 12.0. The van der Waals surface area contributed by atoms with Gasteiger partial charge in [-0.05, 0) is 31.0 Å². The van der Waals surface area contributed by atoms with E-state index >= 15 is 0 Å². The fraction of sp³-hybridized carbons (Fsp3) is 0.235. The second kappa shape index (κ2) is 8.06. The predicted octanol–water partition coefficient (Wildman–Crippen LogP) is 1.13. The molecule has 0 saturated heterocycles. The molecule has 0 aliphatic heterocycles. The zero-order chi connectivity index (χ0) is 19.3. The average Bonchev–Trinajstić information content (AvgIpc) is 2.59. The molecule has 0 bridgehead atoms. The number of aromatic nitrogens is 1. The number of carbonyl (C=O) groups excluding carboxylic acids is 2. The minimum Gasteiger partial charge on any atom is -0.345 e. The molecule has 2 rings (SSSR count). The van der Waals surface area contributed by atoms with Gasteiger partial charge in [0.2, 0.25) is 11.8 Å². The Labute approximate surface area is 148 Å². The van der Waals surface area contributed by atoms with E-state index in [1.807, 2.05) is 26.0 Å². The molecule has 2 amide bonds. The van der Waals surface area contributed by atoms with E-state index in [1.165, 1.54) is 0 Å². The minimum atomic E-state index is -0.661. The summed E-state index contributed by atoms with van der Waals surface area (Å²) >= 11 is 0. The lowest BCUT2D eigenvalue weighted by molar-refractivity contribution is -0.385. The maximum Gasteiger partial charge on any atom is 0.285 e. The molecule has 0 aliphatic rings. The topological polar surface area (TPSA) is 123 Å². The zero-order valence-corrected chi connectivity index (χ0v) is 14.3. The molecule has 26 heavy (non-hydrogen) atoms. The van der Waals surface area contributed by atoms with Crippen molar-refractivity contribution in [1.82, 2.24) is 9.88 Å². The number of amides is 2. The van der Waals surface area contributed by atoms with Gasteiger partial charge in [-0.3, -0.25) is 29.1 Å². The third kappa shape index (κ3) is 4.76. The number of hydrogen-bond acceptors (Lipinski definition) is 5. The van der Waals surface area contributed by atoms with Gasteiger partial charge in [-0.15, -0.1) is 0 Å². The second-order valence-corrected chi connectivity index (χ2v) is 5.68. The summed E-state index contributed by atoms with van der Waals surface area (Å²) in [4.78, 5) is 45.6. The summed E-state index contributed by atoms with van der Waals surface area (Å²) in [5.74, 6) is -1.03. The Morgan fingerprint density at radius 2 is 1.88 bits per heavy atom. The highest BCUT2D eigenvalue weighted by Gasteiger charge is 2.12. The largest absolute Gasteiger partial charge is 0.345 e. The van der Waals surface area contributed by atoms with Crippen molar-refractivity contribution in [3.05, 3.63) is 68.1 Å². The number of pyridine rings is 1. The summed E-state index contributed by atoms with van der Waals surface area (Å²) in [6.45, 7) is 3.09. The molecular weight excluding hydrogens is 340 g/mol. The highest BCUT2D eigenvalue weighted by molar-refractivity contribution is 5.95. The van der Waals surface area contributed by atoms with E-state index in [2.05, 4.69) is 10.6 Å². The van der Waals surface area contributed by atoms with Crippen molar-refractivity contribution in [2.45, 2.75) is 20.4 Å². The van der Waals surface area contributed by atoms with E-state index in [0.717, 1.165) is 34.0 Å². The zero-order valence-electron chi connectivity index (χ0n) is 14.3. The molecule has 9 heteroatoms. The number of anilines is 1. The fourth-order valence-electron chi connectivity index (χ4n) is 2.22. The summed E-state index contributed by atoms with van der Waals surface area (Å²) in [6.07, 6.45) is 0.984. The maximum absolute atomic E-state index is 12.0. The second-order valence-electron chi connectivity index (χ2n) is 5.68. The van der Waals surface area contributed by atoms with Crippen LogP contribution >= 0.6 is 0 Å². The standard InChI is InChI=1S/C17H18N4O5/c1-11-4-3-5-14(12(11)2)19-15(22)8-18-16(23)10-20-9-13(21(25)26)6-7-17(20)24/h3-7,9H,8,10H2,1-2H3,(H,18,23)(H,19,22). The molecule has 2 aromatic rings. The first-order chi connectivity index (χ1) is 12.3. The first kappa shape index (κ1) is 18.8. The normalized spacial score (nSPS) is 10.2. The average molecular weight is 358 g/mol. The third-order valence-corrected chi connectivity index (χ3v) is 3.82. The SMILES string of the molecule is Cc1cccc(NC(=O)CNC(=O)Cn2cc([N+](=O)[O-])ccc2=O)c1C. The van der Waals surface area contributed by atoms with E-state index in [4.69, 9.17) is 0 Å². The number of carbonyl (C=O) groups is 2. The molecular formula is C17H18N4O5. The van der Waals surface area contributed by atoms with E-state index < -0.39 is 28.8 Å². The van der Waals surface area contributed by atoms with Gasteiger partial charge in [0, 0.05) is 17.8 Å². The van der Waals surface area contributed by atoms with E-state index in [0.29, 0.717) is 5.69 Å². The highest BCUT2D eigenvalue weighted by Crippen LogP contribution is 2.17. The monoisotopic (exact) mass is 358 g/mol. The molecule has 0 atom stereocenters. The number of nitro groups is 1. The van der Waals surface area contributed by atoms with Gasteiger partial charge in [-0.2, -0.15) is 0 Å². The molecule has 0 radical (unpaired) electrons. The van der Waals surface area contributed by atoms with Crippen LogP contribution in [-0.4, -0.2) is 27.8 Å². The van der Waals surface area contributed by atoms with Crippen LogP contribution in [0.2, 0.25) is 0 Å². The van der Waals surface area contributed by atoms with Crippen LogP contribution < -0.4 is 16.2 Å². The molecule has 0 aliphatic carbocycles. The lowest BCUT2D eigenvalue weighted by Gasteiger charge is -2.11. The summed E-state index contributed by atoms with van der Waals surface area (Å²) < 4.78 is 0.913. The molecule has 0 fully saturated rings. The van der Waals surface area contributed by atoms with Crippen molar-refractivity contribution in [3.8, 4) is 0 Å². The Morgan fingerprint density at radius 3 is 2.58 bits per heavy atom. The van der Waals surface area contributed by atoms with Gasteiger partial charge < -0.3 is 10.6 Å². The molecule has 0 saturated carbocycles. The van der Waals surface area contributed by atoms with Gasteiger partial charge in [0.1, 0.15) is 6.54 Å². The Hall–Kier alpha value is -3.49. The van der Waals surface area contributed by atoms with E-state index in [9.17, 15) is 24.5 Å². The van der Waals surface area contributed by atoms with Crippen LogP contribution in [0.25, 0.3) is 0 Å². The molecule has 1 heterocycles. The van der Waals surface area contributed by atoms with Crippen molar-refractivity contribution in [2.75, 3.05) is 11.9 Å². The molecule has 0 spiro atoms. The van der Waals surface area contributed by atoms with Gasteiger partial charge in [0.05, 0.1) is 17.7 Å². The molecule has 2 N–H and O–H groups in total. The first-order valence-electron chi connectivity index (χ1n) is 7.75. The third-order valence-electron chi connectivity index (χ3n) is 3.82. The molecule has 136 valence electrons. The number of nitrogens with one attached hydrogen (secondary N) is 2. The van der Waals surface area contributed by atoms with Crippen LogP contribution in [-0.2, 0) is 16.1 Å². The number of rotatable bonds is 6. The van der Waals surface area contributed by atoms with Crippen LogP contribution in [0.1, 0.15) is 11.1 Å². The van der Waals surface area contributed by atoms with Crippen molar-refractivity contribution < 1.29 is 14.5 Å².